The molecule has 4 nitrogen and oxygen atoms in total. The van der Waals surface area contributed by atoms with Crippen molar-refractivity contribution in [3.63, 3.8) is 0 Å². The summed E-state index contributed by atoms with van der Waals surface area (Å²) in [4.78, 5) is 9.00. The number of hydrogen-bond donors (Lipinski definition) is 2. The van der Waals surface area contributed by atoms with Gasteiger partial charge >= 0.3 is 0 Å². The summed E-state index contributed by atoms with van der Waals surface area (Å²) in [5, 5.41) is 7.00. The molecule has 0 aliphatic rings. The van der Waals surface area contributed by atoms with Crippen molar-refractivity contribution < 1.29 is 0 Å². The van der Waals surface area contributed by atoms with Crippen LogP contribution in [0, 0.1) is 0 Å². The fourth-order valence-corrected chi connectivity index (χ4v) is 2.93. The topological polar surface area (TPSA) is 49.8 Å². The Hall–Kier alpha value is -2.10. The van der Waals surface area contributed by atoms with E-state index in [9.17, 15) is 0 Å². The average Bonchev–Trinajstić information content (AvgIpc) is 2.68. The van der Waals surface area contributed by atoms with Crippen LogP contribution in [0.3, 0.4) is 0 Å². The van der Waals surface area contributed by atoms with Gasteiger partial charge in [-0.3, -0.25) is 9.97 Å². The standard InChI is InChI=1S/C22H34N4/c1-3-5-7-9-13-23-19-11-15-25-21(17-19)22-18-20(12-16-26-22)24-14-10-8-6-4-2/h11-12,15-18H,3-10,13-14H2,1-2H3,(H,23,25)(H,24,26). The van der Waals surface area contributed by atoms with Crippen LogP contribution >= 0.6 is 0 Å². The van der Waals surface area contributed by atoms with Gasteiger partial charge in [0.2, 0.25) is 0 Å². The molecule has 0 spiro atoms. The highest BCUT2D eigenvalue weighted by atomic mass is 14.9. The van der Waals surface area contributed by atoms with Gasteiger partial charge in [-0.05, 0) is 37.1 Å². The molecule has 142 valence electrons. The molecule has 0 aliphatic carbocycles. The molecule has 0 radical (unpaired) electrons. The second-order valence-corrected chi connectivity index (χ2v) is 6.83. The minimum atomic E-state index is 0.915. The molecule has 0 aliphatic heterocycles. The van der Waals surface area contributed by atoms with Crippen LogP contribution in [0.2, 0.25) is 0 Å². The Morgan fingerprint density at radius 1 is 0.654 bits per heavy atom. The highest BCUT2D eigenvalue weighted by Crippen LogP contribution is 2.21. The monoisotopic (exact) mass is 354 g/mol. The predicted octanol–water partition coefficient (Wildman–Crippen LogP) is 6.13. The van der Waals surface area contributed by atoms with E-state index in [0.29, 0.717) is 0 Å². The first kappa shape index (κ1) is 20.2. The third-order valence-electron chi connectivity index (χ3n) is 4.50. The van der Waals surface area contributed by atoms with Crippen LogP contribution in [0.15, 0.2) is 36.7 Å². The molecule has 0 atom stereocenters. The van der Waals surface area contributed by atoms with Crippen LogP contribution in [0.5, 0.6) is 0 Å². The van der Waals surface area contributed by atoms with Crippen molar-refractivity contribution in [3.05, 3.63) is 36.7 Å². The molecular weight excluding hydrogens is 320 g/mol. The highest BCUT2D eigenvalue weighted by molar-refractivity contribution is 5.64. The number of anilines is 2. The molecule has 0 saturated heterocycles. The van der Waals surface area contributed by atoms with E-state index < -0.39 is 0 Å². The lowest BCUT2D eigenvalue weighted by Gasteiger charge is -2.09. The molecule has 0 aromatic carbocycles. The molecule has 2 N–H and O–H groups in total. The molecule has 2 heterocycles. The Bertz CT molecular complexity index is 572. The van der Waals surface area contributed by atoms with Gasteiger partial charge in [-0.2, -0.15) is 0 Å². The highest BCUT2D eigenvalue weighted by Gasteiger charge is 2.04. The molecule has 26 heavy (non-hydrogen) atoms. The Labute approximate surface area is 158 Å². The van der Waals surface area contributed by atoms with Gasteiger partial charge in [-0.25, -0.2) is 0 Å². The Morgan fingerprint density at radius 3 is 1.54 bits per heavy atom. The van der Waals surface area contributed by atoms with Crippen LogP contribution in [-0.4, -0.2) is 23.1 Å². The summed E-state index contributed by atoms with van der Waals surface area (Å²) in [5.41, 5.74) is 4.06. The van der Waals surface area contributed by atoms with E-state index in [0.717, 1.165) is 35.9 Å². The average molecular weight is 355 g/mol. The van der Waals surface area contributed by atoms with E-state index >= 15 is 0 Å². The first-order chi connectivity index (χ1) is 12.8. The zero-order valence-corrected chi connectivity index (χ0v) is 16.4. The molecule has 0 amide bonds. The maximum absolute atomic E-state index is 4.50. The molecule has 0 fully saturated rings. The summed E-state index contributed by atoms with van der Waals surface area (Å²) in [5.74, 6) is 0. The minimum absolute atomic E-state index is 0.915. The van der Waals surface area contributed by atoms with Crippen molar-refractivity contribution in [1.29, 1.82) is 0 Å². The maximum Gasteiger partial charge on any atom is 0.0907 e. The van der Waals surface area contributed by atoms with Gasteiger partial charge in [-0.1, -0.05) is 52.4 Å². The second-order valence-electron chi connectivity index (χ2n) is 6.83. The number of rotatable bonds is 13. The number of nitrogens with zero attached hydrogens (tertiary/aromatic N) is 2. The quantitative estimate of drug-likeness (QED) is 0.425. The molecule has 0 saturated carbocycles. The van der Waals surface area contributed by atoms with E-state index in [1.54, 1.807) is 0 Å². The Kier molecular flexibility index (Phi) is 9.55. The van der Waals surface area contributed by atoms with Gasteiger partial charge in [0.1, 0.15) is 0 Å². The lowest BCUT2D eigenvalue weighted by molar-refractivity contribution is 0.685. The predicted molar refractivity (Wildman–Crippen MR) is 113 cm³/mol. The Morgan fingerprint density at radius 2 is 1.12 bits per heavy atom. The van der Waals surface area contributed by atoms with E-state index in [1.807, 2.05) is 24.5 Å². The van der Waals surface area contributed by atoms with Gasteiger partial charge in [0.25, 0.3) is 0 Å². The summed E-state index contributed by atoms with van der Waals surface area (Å²) in [6, 6.07) is 8.23. The number of pyridine rings is 2. The number of hydrogen-bond acceptors (Lipinski definition) is 4. The number of unbranched alkanes of at least 4 members (excludes halogenated alkanes) is 6. The van der Waals surface area contributed by atoms with Crippen molar-refractivity contribution >= 4 is 11.4 Å². The van der Waals surface area contributed by atoms with Gasteiger partial charge in [0, 0.05) is 36.9 Å². The lowest BCUT2D eigenvalue weighted by Crippen LogP contribution is -2.03. The van der Waals surface area contributed by atoms with Gasteiger partial charge < -0.3 is 10.6 Å². The summed E-state index contributed by atoms with van der Waals surface area (Å²) < 4.78 is 0. The van der Waals surface area contributed by atoms with E-state index in [2.05, 4.69) is 46.6 Å². The fraction of sp³-hybridized carbons (Fsp3) is 0.545. The smallest absolute Gasteiger partial charge is 0.0907 e. The molecule has 2 rings (SSSR count). The normalized spacial score (nSPS) is 10.7. The van der Waals surface area contributed by atoms with Crippen molar-refractivity contribution in [2.45, 2.75) is 65.2 Å². The first-order valence-corrected chi connectivity index (χ1v) is 10.2. The zero-order valence-electron chi connectivity index (χ0n) is 16.4. The van der Waals surface area contributed by atoms with Crippen LogP contribution in [-0.2, 0) is 0 Å². The van der Waals surface area contributed by atoms with Crippen LogP contribution in [0.1, 0.15) is 65.2 Å². The summed E-state index contributed by atoms with van der Waals surface area (Å²) in [6.07, 6.45) is 13.9. The van der Waals surface area contributed by atoms with Crippen LogP contribution in [0.25, 0.3) is 11.4 Å². The SMILES string of the molecule is CCCCCCNc1ccnc(-c2cc(NCCCCCC)ccn2)c1. The molecule has 0 unspecified atom stereocenters. The summed E-state index contributed by atoms with van der Waals surface area (Å²) in [6.45, 7) is 6.50. The Balaban J connectivity index is 1.89. The molecule has 2 aromatic rings. The van der Waals surface area contributed by atoms with Crippen LogP contribution in [0.4, 0.5) is 11.4 Å². The largest absolute Gasteiger partial charge is 0.385 e. The fourth-order valence-electron chi connectivity index (χ4n) is 2.93. The number of nitrogens with one attached hydrogen (secondary N) is 2. The van der Waals surface area contributed by atoms with Crippen molar-refractivity contribution in [1.82, 2.24) is 9.97 Å². The summed E-state index contributed by atoms with van der Waals surface area (Å²) in [7, 11) is 0. The molecule has 4 heteroatoms. The van der Waals surface area contributed by atoms with Crippen molar-refractivity contribution in [2.24, 2.45) is 0 Å². The zero-order chi connectivity index (χ0) is 18.5. The number of aromatic nitrogens is 2. The molecule has 2 aromatic heterocycles. The van der Waals surface area contributed by atoms with E-state index in [1.165, 1.54) is 51.4 Å². The lowest BCUT2D eigenvalue weighted by atomic mass is 10.2. The second kappa shape index (κ2) is 12.3. The first-order valence-electron chi connectivity index (χ1n) is 10.2. The van der Waals surface area contributed by atoms with Gasteiger partial charge in [0.15, 0.2) is 0 Å². The maximum atomic E-state index is 4.50. The third-order valence-corrected chi connectivity index (χ3v) is 4.50. The molecular formula is C22H34N4. The van der Waals surface area contributed by atoms with E-state index in [4.69, 9.17) is 0 Å². The van der Waals surface area contributed by atoms with Gasteiger partial charge in [-0.15, -0.1) is 0 Å². The van der Waals surface area contributed by atoms with Crippen molar-refractivity contribution in [2.75, 3.05) is 23.7 Å². The molecule has 0 bridgehead atoms. The van der Waals surface area contributed by atoms with Crippen molar-refractivity contribution in [3.8, 4) is 11.4 Å². The van der Waals surface area contributed by atoms with E-state index in [-0.39, 0.29) is 0 Å². The third kappa shape index (κ3) is 7.42. The van der Waals surface area contributed by atoms with Gasteiger partial charge in [0.05, 0.1) is 11.4 Å². The summed E-state index contributed by atoms with van der Waals surface area (Å²) >= 11 is 0. The van der Waals surface area contributed by atoms with Crippen LogP contribution < -0.4 is 10.6 Å². The minimum Gasteiger partial charge on any atom is -0.385 e.